The molecule has 31 heavy (non-hydrogen) atoms. The van der Waals surface area contributed by atoms with Gasteiger partial charge in [0.05, 0.1) is 17.8 Å². The smallest absolute Gasteiger partial charge is 0.0811 e. The molecule has 4 atom stereocenters. The molecule has 0 aliphatic heterocycles. The maximum absolute atomic E-state index is 10.2. The number of aliphatic hydroxyl groups is 3. The average molecular weight is 427 g/mol. The van der Waals surface area contributed by atoms with Crippen LogP contribution in [0, 0.1) is 16.7 Å². The van der Waals surface area contributed by atoms with E-state index in [2.05, 4.69) is 31.7 Å². The molecule has 0 heterocycles. The summed E-state index contributed by atoms with van der Waals surface area (Å²) in [7, 11) is 0. The molecule has 4 rings (SSSR count). The van der Waals surface area contributed by atoms with Crippen LogP contribution in [0.15, 0.2) is 47.1 Å². The molecule has 3 N–H and O–H groups in total. The lowest BCUT2D eigenvalue weighted by atomic mass is 9.61. The van der Waals surface area contributed by atoms with Gasteiger partial charge in [0.15, 0.2) is 0 Å². The summed E-state index contributed by atoms with van der Waals surface area (Å²) in [5.41, 5.74) is 5.11. The molecule has 0 spiro atoms. The van der Waals surface area contributed by atoms with Crippen LogP contribution in [0.25, 0.3) is 0 Å². The predicted octanol–water partition coefficient (Wildman–Crippen LogP) is 5.77. The monoisotopic (exact) mass is 426 g/mol. The normalized spacial score (nSPS) is 37.8. The van der Waals surface area contributed by atoms with Crippen molar-refractivity contribution in [3.05, 3.63) is 47.1 Å². The van der Waals surface area contributed by atoms with Crippen LogP contribution in [0.5, 0.6) is 0 Å². The van der Waals surface area contributed by atoms with Gasteiger partial charge in [-0.15, -0.1) is 0 Å². The van der Waals surface area contributed by atoms with Gasteiger partial charge in [0.1, 0.15) is 0 Å². The SMILES string of the molecule is C=C1C(=CC=C2CCC[C@]3(C)C(C4(CCCC(C)(C)O)CC4)=CCC23)CC(O)C[C@@H]1O. The van der Waals surface area contributed by atoms with Gasteiger partial charge in [-0.25, -0.2) is 0 Å². The van der Waals surface area contributed by atoms with Gasteiger partial charge in [0, 0.05) is 6.42 Å². The van der Waals surface area contributed by atoms with Gasteiger partial charge in [-0.3, -0.25) is 0 Å². The molecule has 3 nitrogen and oxygen atoms in total. The molecule has 2 unspecified atom stereocenters. The molecule has 3 heteroatoms. The lowest BCUT2D eigenvalue weighted by Gasteiger charge is -2.43. The summed E-state index contributed by atoms with van der Waals surface area (Å²) in [6.45, 7) is 10.4. The van der Waals surface area contributed by atoms with Crippen LogP contribution in [0.4, 0.5) is 0 Å². The van der Waals surface area contributed by atoms with E-state index in [1.807, 2.05) is 13.8 Å². The number of aliphatic hydroxyl groups excluding tert-OH is 2. The van der Waals surface area contributed by atoms with Crippen molar-refractivity contribution in [2.45, 2.75) is 109 Å². The Kier molecular flexibility index (Phi) is 6.17. The molecule has 4 aliphatic rings. The largest absolute Gasteiger partial charge is 0.393 e. The summed E-state index contributed by atoms with van der Waals surface area (Å²) in [6.07, 6.45) is 17.5. The molecule has 3 saturated carbocycles. The van der Waals surface area contributed by atoms with Gasteiger partial charge >= 0.3 is 0 Å². The molecular formula is C28H42O3. The van der Waals surface area contributed by atoms with Crippen molar-refractivity contribution in [2.24, 2.45) is 16.7 Å². The van der Waals surface area contributed by atoms with E-state index < -0.39 is 17.8 Å². The van der Waals surface area contributed by atoms with Gasteiger partial charge < -0.3 is 15.3 Å². The van der Waals surface area contributed by atoms with Crippen LogP contribution in [0.2, 0.25) is 0 Å². The summed E-state index contributed by atoms with van der Waals surface area (Å²) in [5.74, 6) is 0.576. The second-order valence-corrected chi connectivity index (χ2v) is 11.7. The van der Waals surface area contributed by atoms with Gasteiger partial charge in [0.25, 0.3) is 0 Å². The summed E-state index contributed by atoms with van der Waals surface area (Å²) >= 11 is 0. The van der Waals surface area contributed by atoms with Crippen LogP contribution < -0.4 is 0 Å². The van der Waals surface area contributed by atoms with E-state index in [4.69, 9.17) is 0 Å². The molecule has 0 saturated heterocycles. The van der Waals surface area contributed by atoms with E-state index in [1.165, 1.54) is 37.7 Å². The Balaban J connectivity index is 1.49. The zero-order valence-electron chi connectivity index (χ0n) is 19.8. The molecule has 0 amide bonds. The second kappa shape index (κ2) is 8.32. The zero-order valence-corrected chi connectivity index (χ0v) is 19.8. The van der Waals surface area contributed by atoms with Crippen molar-refractivity contribution in [3.8, 4) is 0 Å². The molecule has 4 aliphatic carbocycles. The summed E-state index contributed by atoms with van der Waals surface area (Å²) in [5, 5.41) is 30.3. The second-order valence-electron chi connectivity index (χ2n) is 11.7. The fraction of sp³-hybridized carbons (Fsp3) is 0.714. The van der Waals surface area contributed by atoms with Gasteiger partial charge in [-0.05, 0) is 106 Å². The average Bonchev–Trinajstić information content (AvgIpc) is 3.35. The number of fused-ring (bicyclic) bond motifs is 1. The van der Waals surface area contributed by atoms with E-state index in [1.54, 1.807) is 5.57 Å². The molecule has 172 valence electrons. The van der Waals surface area contributed by atoms with Crippen LogP contribution in [-0.4, -0.2) is 33.1 Å². The minimum absolute atomic E-state index is 0.260. The first-order chi connectivity index (χ1) is 14.5. The minimum Gasteiger partial charge on any atom is -0.393 e. The van der Waals surface area contributed by atoms with Crippen LogP contribution >= 0.6 is 0 Å². The van der Waals surface area contributed by atoms with E-state index >= 15 is 0 Å². The van der Waals surface area contributed by atoms with Gasteiger partial charge in [0.2, 0.25) is 0 Å². The summed E-state index contributed by atoms with van der Waals surface area (Å²) < 4.78 is 0. The Hall–Kier alpha value is -1.16. The molecule has 0 aromatic heterocycles. The fourth-order valence-corrected chi connectivity index (χ4v) is 6.77. The van der Waals surface area contributed by atoms with Crippen molar-refractivity contribution in [1.82, 2.24) is 0 Å². The van der Waals surface area contributed by atoms with E-state index in [0.717, 1.165) is 36.8 Å². The van der Waals surface area contributed by atoms with Gasteiger partial charge in [-0.2, -0.15) is 0 Å². The van der Waals surface area contributed by atoms with Crippen LogP contribution in [-0.2, 0) is 0 Å². The molecule has 0 bridgehead atoms. The third-order valence-corrected chi connectivity index (χ3v) is 8.68. The maximum Gasteiger partial charge on any atom is 0.0811 e. The fourth-order valence-electron chi connectivity index (χ4n) is 6.77. The summed E-state index contributed by atoms with van der Waals surface area (Å²) in [4.78, 5) is 0. The highest BCUT2D eigenvalue weighted by Crippen LogP contribution is 2.67. The summed E-state index contributed by atoms with van der Waals surface area (Å²) in [6, 6.07) is 0. The molecule has 0 radical (unpaired) electrons. The Morgan fingerprint density at radius 3 is 2.61 bits per heavy atom. The van der Waals surface area contributed by atoms with Gasteiger partial charge in [-0.1, -0.05) is 42.9 Å². The quantitative estimate of drug-likeness (QED) is 0.473. The van der Waals surface area contributed by atoms with Crippen molar-refractivity contribution < 1.29 is 15.3 Å². The predicted molar refractivity (Wildman–Crippen MR) is 127 cm³/mol. The van der Waals surface area contributed by atoms with Crippen LogP contribution in [0.1, 0.15) is 91.4 Å². The highest BCUT2D eigenvalue weighted by molar-refractivity contribution is 5.42. The molecule has 0 aromatic carbocycles. The highest BCUT2D eigenvalue weighted by atomic mass is 16.3. The van der Waals surface area contributed by atoms with Crippen LogP contribution in [0.3, 0.4) is 0 Å². The van der Waals surface area contributed by atoms with Crippen molar-refractivity contribution in [1.29, 1.82) is 0 Å². The van der Waals surface area contributed by atoms with Crippen molar-refractivity contribution in [3.63, 3.8) is 0 Å². The van der Waals surface area contributed by atoms with E-state index in [0.29, 0.717) is 24.2 Å². The lowest BCUT2D eigenvalue weighted by molar-refractivity contribution is 0.0663. The first kappa shape index (κ1) is 23.0. The van der Waals surface area contributed by atoms with E-state index in [-0.39, 0.29) is 5.41 Å². The third kappa shape index (κ3) is 4.65. The Labute approximate surface area is 188 Å². The molecule has 0 aromatic rings. The maximum atomic E-state index is 10.2. The van der Waals surface area contributed by atoms with Crippen molar-refractivity contribution in [2.75, 3.05) is 0 Å². The molecule has 3 fully saturated rings. The third-order valence-electron chi connectivity index (χ3n) is 8.68. The Bertz CT molecular complexity index is 805. The minimum atomic E-state index is -0.622. The zero-order chi connectivity index (χ0) is 22.4. The van der Waals surface area contributed by atoms with Crippen molar-refractivity contribution >= 4 is 0 Å². The Morgan fingerprint density at radius 1 is 1.19 bits per heavy atom. The molecular weight excluding hydrogens is 384 g/mol. The number of hydrogen-bond acceptors (Lipinski definition) is 3. The Morgan fingerprint density at radius 2 is 1.94 bits per heavy atom. The first-order valence-electron chi connectivity index (χ1n) is 12.4. The highest BCUT2D eigenvalue weighted by Gasteiger charge is 2.56. The number of hydrogen-bond donors (Lipinski definition) is 3. The number of allylic oxidation sites excluding steroid dienone is 5. The standard InChI is InChI=1S/C28H42O3/c1-19-21(17-22(29)18-24(19)30)9-8-20-7-5-13-27(4)23(20)10-11-25(27)28(15-16-28)14-6-12-26(2,3)31/h8-9,11,22-24,29-31H,1,5-7,10,12-18H2,2-4H3/t22?,23?,24-,27-/m0/s1. The van der Waals surface area contributed by atoms with E-state index in [9.17, 15) is 15.3 Å². The topological polar surface area (TPSA) is 60.7 Å². The number of rotatable bonds is 6. The lowest BCUT2D eigenvalue weighted by Crippen LogP contribution is -2.33. The first-order valence-corrected chi connectivity index (χ1v) is 12.4.